The van der Waals surface area contributed by atoms with Gasteiger partial charge in [0.2, 0.25) is 0 Å². The molecule has 0 heterocycles. The third kappa shape index (κ3) is 3.66. The molecule has 0 bridgehead atoms. The van der Waals surface area contributed by atoms with Crippen molar-refractivity contribution in [3.05, 3.63) is 0 Å². The van der Waals surface area contributed by atoms with E-state index in [9.17, 15) is 4.79 Å². The van der Waals surface area contributed by atoms with Crippen LogP contribution in [0.2, 0.25) is 0 Å². The van der Waals surface area contributed by atoms with Crippen LogP contribution >= 0.6 is 0 Å². The highest BCUT2D eigenvalue weighted by Crippen LogP contribution is 2.36. The Hall–Kier alpha value is -0.570. The first-order chi connectivity index (χ1) is 6.42. The minimum absolute atomic E-state index is 0.580. The maximum absolute atomic E-state index is 10.7. The van der Waals surface area contributed by atoms with Gasteiger partial charge in [-0.05, 0) is 38.0 Å². The Kier molecular flexibility index (Phi) is 3.53. The summed E-state index contributed by atoms with van der Waals surface area (Å²) in [7, 11) is 0. The predicted octanol–water partition coefficient (Wildman–Crippen LogP) is 2.00. The van der Waals surface area contributed by atoms with Gasteiger partial charge in [0, 0.05) is 0 Å². The summed E-state index contributed by atoms with van der Waals surface area (Å²) >= 11 is 0. The molecule has 1 aliphatic rings. The van der Waals surface area contributed by atoms with Gasteiger partial charge in [-0.3, -0.25) is 4.79 Å². The first kappa shape index (κ1) is 11.5. The Labute approximate surface area is 85.7 Å². The summed E-state index contributed by atoms with van der Waals surface area (Å²) in [5.74, 6) is 0.639. The Morgan fingerprint density at radius 3 is 2.64 bits per heavy atom. The van der Waals surface area contributed by atoms with E-state index < -0.39 is 11.5 Å². The van der Waals surface area contributed by atoms with Crippen molar-refractivity contribution >= 4 is 5.97 Å². The second-order valence-corrected chi connectivity index (χ2v) is 5.05. The van der Waals surface area contributed by atoms with Crippen LogP contribution in [0.15, 0.2) is 0 Å². The molecule has 1 saturated carbocycles. The van der Waals surface area contributed by atoms with Gasteiger partial charge in [0.15, 0.2) is 0 Å². The van der Waals surface area contributed by atoms with Crippen molar-refractivity contribution in [2.75, 3.05) is 0 Å². The van der Waals surface area contributed by atoms with E-state index in [4.69, 9.17) is 10.8 Å². The summed E-state index contributed by atoms with van der Waals surface area (Å²) in [5, 5.41) is 8.82. The van der Waals surface area contributed by atoms with Gasteiger partial charge in [0.25, 0.3) is 0 Å². The first-order valence-corrected chi connectivity index (χ1v) is 5.44. The van der Waals surface area contributed by atoms with Gasteiger partial charge in [0.05, 0.1) is 0 Å². The van der Waals surface area contributed by atoms with Crippen molar-refractivity contribution in [3.8, 4) is 0 Å². The molecule has 0 aromatic carbocycles. The number of rotatable bonds is 6. The second-order valence-electron chi connectivity index (χ2n) is 5.05. The summed E-state index contributed by atoms with van der Waals surface area (Å²) < 4.78 is 0. The maximum Gasteiger partial charge on any atom is 0.323 e. The Bertz CT molecular complexity index is 209. The summed E-state index contributed by atoms with van der Waals surface area (Å²) in [6.45, 7) is 3.79. The number of carboxylic acid groups (broad SMARTS) is 1. The zero-order chi connectivity index (χ0) is 10.8. The molecule has 14 heavy (non-hydrogen) atoms. The van der Waals surface area contributed by atoms with Gasteiger partial charge in [-0.1, -0.05) is 19.8 Å². The molecule has 0 spiro atoms. The molecule has 0 radical (unpaired) electrons. The molecule has 0 amide bonds. The molecule has 0 aromatic rings. The van der Waals surface area contributed by atoms with Gasteiger partial charge < -0.3 is 10.8 Å². The highest BCUT2D eigenvalue weighted by atomic mass is 16.4. The molecular formula is C11H21NO2. The fraction of sp³-hybridized carbons (Fsp3) is 0.909. The average Bonchev–Trinajstić information content (AvgIpc) is 2.85. The molecule has 82 valence electrons. The topological polar surface area (TPSA) is 63.3 Å². The first-order valence-electron chi connectivity index (χ1n) is 5.44. The van der Waals surface area contributed by atoms with Gasteiger partial charge in [-0.25, -0.2) is 0 Å². The Morgan fingerprint density at radius 1 is 1.64 bits per heavy atom. The van der Waals surface area contributed by atoms with Crippen LogP contribution in [0.5, 0.6) is 0 Å². The Balaban J connectivity index is 2.20. The van der Waals surface area contributed by atoms with E-state index in [1.54, 1.807) is 6.92 Å². The highest BCUT2D eigenvalue weighted by molar-refractivity contribution is 5.77. The van der Waals surface area contributed by atoms with Crippen LogP contribution in [0.1, 0.15) is 46.0 Å². The van der Waals surface area contributed by atoms with Crippen LogP contribution in [-0.4, -0.2) is 16.6 Å². The van der Waals surface area contributed by atoms with Gasteiger partial charge in [-0.2, -0.15) is 0 Å². The summed E-state index contributed by atoms with van der Waals surface area (Å²) in [4.78, 5) is 10.7. The fourth-order valence-corrected chi connectivity index (χ4v) is 1.69. The molecule has 1 rings (SSSR count). The monoisotopic (exact) mass is 199 g/mol. The van der Waals surface area contributed by atoms with Crippen LogP contribution in [-0.2, 0) is 4.79 Å². The molecular weight excluding hydrogens is 178 g/mol. The smallest absolute Gasteiger partial charge is 0.323 e. The van der Waals surface area contributed by atoms with Gasteiger partial charge in [-0.15, -0.1) is 0 Å². The SMILES string of the molecule is CC(CCC(C)(N)C(=O)O)CC1CC1. The van der Waals surface area contributed by atoms with E-state index in [1.165, 1.54) is 19.3 Å². The molecule has 3 N–H and O–H groups in total. The minimum Gasteiger partial charge on any atom is -0.480 e. The maximum atomic E-state index is 10.7. The molecule has 3 nitrogen and oxygen atoms in total. The van der Waals surface area contributed by atoms with E-state index in [0.29, 0.717) is 12.3 Å². The number of hydrogen-bond donors (Lipinski definition) is 2. The molecule has 2 atom stereocenters. The summed E-state index contributed by atoms with van der Waals surface area (Å²) in [6.07, 6.45) is 5.48. The number of carbonyl (C=O) groups is 1. The number of carboxylic acids is 1. The largest absolute Gasteiger partial charge is 0.480 e. The lowest BCUT2D eigenvalue weighted by atomic mass is 9.90. The van der Waals surface area contributed by atoms with Crippen molar-refractivity contribution in [2.45, 2.75) is 51.5 Å². The van der Waals surface area contributed by atoms with Crippen LogP contribution in [0.4, 0.5) is 0 Å². The van der Waals surface area contributed by atoms with Crippen molar-refractivity contribution < 1.29 is 9.90 Å². The molecule has 2 unspecified atom stereocenters. The number of aliphatic carboxylic acids is 1. The lowest BCUT2D eigenvalue weighted by Crippen LogP contribution is -2.44. The predicted molar refractivity (Wildman–Crippen MR) is 56.0 cm³/mol. The van der Waals surface area contributed by atoms with E-state index in [1.807, 2.05) is 0 Å². The summed E-state index contributed by atoms with van der Waals surface area (Å²) in [6, 6.07) is 0. The highest BCUT2D eigenvalue weighted by Gasteiger charge is 2.29. The standard InChI is InChI=1S/C11H21NO2/c1-8(7-9-3-4-9)5-6-11(2,12)10(13)14/h8-9H,3-7,12H2,1-2H3,(H,13,14). The van der Waals surface area contributed by atoms with Crippen LogP contribution in [0, 0.1) is 11.8 Å². The van der Waals surface area contributed by atoms with Crippen molar-refractivity contribution in [2.24, 2.45) is 17.6 Å². The average molecular weight is 199 g/mol. The Morgan fingerprint density at radius 2 is 2.21 bits per heavy atom. The number of nitrogens with two attached hydrogens (primary N) is 1. The van der Waals surface area contributed by atoms with Gasteiger partial charge >= 0.3 is 5.97 Å². The molecule has 0 saturated heterocycles. The second kappa shape index (κ2) is 4.30. The molecule has 0 aliphatic heterocycles. The van der Waals surface area contributed by atoms with Crippen LogP contribution in [0.3, 0.4) is 0 Å². The quantitative estimate of drug-likeness (QED) is 0.687. The van der Waals surface area contributed by atoms with Crippen molar-refractivity contribution in [1.82, 2.24) is 0 Å². The third-order valence-corrected chi connectivity index (χ3v) is 3.08. The lowest BCUT2D eigenvalue weighted by molar-refractivity contribution is -0.143. The van der Waals surface area contributed by atoms with E-state index >= 15 is 0 Å². The molecule has 1 aliphatic carbocycles. The van der Waals surface area contributed by atoms with Crippen LogP contribution < -0.4 is 5.73 Å². The third-order valence-electron chi connectivity index (χ3n) is 3.08. The normalized spacial score (nSPS) is 22.8. The minimum atomic E-state index is -1.04. The zero-order valence-electron chi connectivity index (χ0n) is 9.12. The zero-order valence-corrected chi connectivity index (χ0v) is 9.12. The molecule has 0 aromatic heterocycles. The lowest BCUT2D eigenvalue weighted by Gasteiger charge is -2.21. The van der Waals surface area contributed by atoms with Crippen molar-refractivity contribution in [1.29, 1.82) is 0 Å². The van der Waals surface area contributed by atoms with Gasteiger partial charge in [0.1, 0.15) is 5.54 Å². The van der Waals surface area contributed by atoms with E-state index in [0.717, 1.165) is 12.3 Å². The molecule has 3 heteroatoms. The number of hydrogen-bond acceptors (Lipinski definition) is 2. The van der Waals surface area contributed by atoms with Crippen molar-refractivity contribution in [3.63, 3.8) is 0 Å². The summed E-state index contributed by atoms with van der Waals surface area (Å²) in [5.41, 5.74) is 4.61. The fourth-order valence-electron chi connectivity index (χ4n) is 1.69. The molecule has 1 fully saturated rings. The van der Waals surface area contributed by atoms with E-state index in [-0.39, 0.29) is 0 Å². The van der Waals surface area contributed by atoms with Crippen LogP contribution in [0.25, 0.3) is 0 Å². The van der Waals surface area contributed by atoms with E-state index in [2.05, 4.69) is 6.92 Å².